The molecule has 4 heteroatoms. The third-order valence-corrected chi connectivity index (χ3v) is 1.54. The lowest BCUT2D eigenvalue weighted by Crippen LogP contribution is -2.29. The van der Waals surface area contributed by atoms with Crippen LogP contribution in [0, 0.1) is 0 Å². The van der Waals surface area contributed by atoms with Crippen LogP contribution < -0.4 is 11.5 Å². The van der Waals surface area contributed by atoms with Crippen LogP contribution in [-0.2, 0) is 4.79 Å². The Bertz CT molecular complexity index is 117. The Balaban J connectivity index is 3.17. The Morgan fingerprint density at radius 2 is 2.00 bits per heavy atom. The minimum Gasteiger partial charge on any atom is -0.480 e. The highest BCUT2D eigenvalue weighted by molar-refractivity contribution is 5.72. The number of hydrogen-bond acceptors (Lipinski definition) is 3. The van der Waals surface area contributed by atoms with Crippen molar-refractivity contribution in [2.24, 2.45) is 11.5 Å². The van der Waals surface area contributed by atoms with Crippen LogP contribution in [-0.4, -0.2) is 23.7 Å². The second-order valence-corrected chi connectivity index (χ2v) is 2.58. The maximum atomic E-state index is 10.2. The Morgan fingerprint density at radius 1 is 1.36 bits per heavy atom. The van der Waals surface area contributed by atoms with Crippen molar-refractivity contribution >= 4 is 5.97 Å². The molecule has 0 heterocycles. The van der Waals surface area contributed by atoms with Crippen LogP contribution in [0.4, 0.5) is 0 Å². The summed E-state index contributed by atoms with van der Waals surface area (Å²) in [7, 11) is 0. The lowest BCUT2D eigenvalue weighted by Gasteiger charge is -2.04. The van der Waals surface area contributed by atoms with Gasteiger partial charge in [0.15, 0.2) is 0 Å². The van der Waals surface area contributed by atoms with Gasteiger partial charge < -0.3 is 16.6 Å². The van der Waals surface area contributed by atoms with E-state index in [9.17, 15) is 4.79 Å². The first-order valence-electron chi connectivity index (χ1n) is 3.87. The summed E-state index contributed by atoms with van der Waals surface area (Å²) in [6, 6.07) is -0.701. The number of carboxylic acid groups (broad SMARTS) is 1. The summed E-state index contributed by atoms with van der Waals surface area (Å²) in [5, 5.41) is 8.39. The van der Waals surface area contributed by atoms with E-state index in [1.165, 1.54) is 0 Å². The smallest absolute Gasteiger partial charge is 0.320 e. The normalized spacial score (nSPS) is 12.9. The summed E-state index contributed by atoms with van der Waals surface area (Å²) < 4.78 is 0. The molecule has 11 heavy (non-hydrogen) atoms. The van der Waals surface area contributed by atoms with Gasteiger partial charge in [-0.2, -0.15) is 0 Å². The van der Waals surface area contributed by atoms with Crippen LogP contribution in [0.2, 0.25) is 0 Å². The molecular weight excluding hydrogens is 144 g/mol. The number of carbonyl (C=O) groups is 1. The summed E-state index contributed by atoms with van der Waals surface area (Å²) in [4.78, 5) is 10.2. The van der Waals surface area contributed by atoms with Gasteiger partial charge in [0.2, 0.25) is 0 Å². The number of nitrogens with two attached hydrogens (primary N) is 2. The van der Waals surface area contributed by atoms with Gasteiger partial charge in [-0.05, 0) is 19.4 Å². The van der Waals surface area contributed by atoms with E-state index in [1.807, 2.05) is 0 Å². The maximum absolute atomic E-state index is 10.2. The molecule has 4 nitrogen and oxygen atoms in total. The Labute approximate surface area is 66.6 Å². The van der Waals surface area contributed by atoms with Gasteiger partial charge in [0, 0.05) is 0 Å². The number of aliphatic carboxylic acids is 1. The molecule has 0 rings (SSSR count). The molecule has 0 bridgehead atoms. The maximum Gasteiger partial charge on any atom is 0.320 e. The molecule has 0 aromatic heterocycles. The first kappa shape index (κ1) is 10.4. The summed E-state index contributed by atoms with van der Waals surface area (Å²) >= 11 is 0. The standard InChI is InChI=1S/C7H16N2O2/c8-5-3-1-2-4-6(9)7(10)11/h6H,1-5,8-9H2,(H,10,11). The third kappa shape index (κ3) is 5.82. The monoisotopic (exact) mass is 160 g/mol. The molecule has 0 aromatic carbocycles. The quantitative estimate of drug-likeness (QED) is 0.474. The van der Waals surface area contributed by atoms with Crippen molar-refractivity contribution in [1.82, 2.24) is 0 Å². The first-order valence-corrected chi connectivity index (χ1v) is 3.87. The van der Waals surface area contributed by atoms with E-state index >= 15 is 0 Å². The molecule has 66 valence electrons. The van der Waals surface area contributed by atoms with Crippen LogP contribution in [0.1, 0.15) is 25.7 Å². The third-order valence-electron chi connectivity index (χ3n) is 1.54. The average molecular weight is 160 g/mol. The second kappa shape index (κ2) is 6.12. The molecule has 0 saturated carbocycles. The van der Waals surface area contributed by atoms with Gasteiger partial charge in [-0.25, -0.2) is 0 Å². The lowest BCUT2D eigenvalue weighted by molar-refractivity contribution is -0.138. The van der Waals surface area contributed by atoms with E-state index in [-0.39, 0.29) is 0 Å². The van der Waals surface area contributed by atoms with E-state index in [4.69, 9.17) is 16.6 Å². The van der Waals surface area contributed by atoms with Crippen molar-refractivity contribution in [1.29, 1.82) is 0 Å². The van der Waals surface area contributed by atoms with Crippen LogP contribution >= 0.6 is 0 Å². The van der Waals surface area contributed by atoms with Gasteiger partial charge in [0.25, 0.3) is 0 Å². The highest BCUT2D eigenvalue weighted by Gasteiger charge is 2.09. The first-order chi connectivity index (χ1) is 5.18. The van der Waals surface area contributed by atoms with E-state index in [0.29, 0.717) is 13.0 Å². The van der Waals surface area contributed by atoms with Crippen LogP contribution in [0.3, 0.4) is 0 Å². The molecule has 0 saturated heterocycles. The molecule has 0 fully saturated rings. The van der Waals surface area contributed by atoms with Gasteiger partial charge >= 0.3 is 5.97 Å². The molecule has 0 radical (unpaired) electrons. The fourth-order valence-electron chi connectivity index (χ4n) is 0.809. The molecule has 0 aliphatic rings. The van der Waals surface area contributed by atoms with Gasteiger partial charge in [0.1, 0.15) is 6.04 Å². The summed E-state index contributed by atoms with van der Waals surface area (Å²) in [5.74, 6) is -0.919. The molecule has 0 aliphatic carbocycles. The Kier molecular flexibility index (Phi) is 5.78. The fourth-order valence-corrected chi connectivity index (χ4v) is 0.809. The number of hydrogen-bond donors (Lipinski definition) is 3. The van der Waals surface area contributed by atoms with Gasteiger partial charge in [-0.1, -0.05) is 12.8 Å². The summed E-state index contributed by atoms with van der Waals surface area (Å²) in [6.07, 6.45) is 3.32. The SMILES string of the molecule is NCCCCCC(N)C(=O)O. The molecular formula is C7H16N2O2. The van der Waals surface area contributed by atoms with Crippen molar-refractivity contribution in [3.63, 3.8) is 0 Å². The molecule has 0 amide bonds. The van der Waals surface area contributed by atoms with Crippen molar-refractivity contribution in [3.8, 4) is 0 Å². The topological polar surface area (TPSA) is 89.3 Å². The zero-order valence-electron chi connectivity index (χ0n) is 6.62. The van der Waals surface area contributed by atoms with E-state index < -0.39 is 12.0 Å². The molecule has 0 aliphatic heterocycles. The second-order valence-electron chi connectivity index (χ2n) is 2.58. The predicted molar refractivity (Wildman–Crippen MR) is 43.1 cm³/mol. The number of unbranched alkanes of at least 4 members (excludes halogenated alkanes) is 2. The molecule has 1 atom stereocenters. The summed E-state index contributed by atoms with van der Waals surface area (Å²) in [6.45, 7) is 0.669. The fraction of sp³-hybridized carbons (Fsp3) is 0.857. The van der Waals surface area contributed by atoms with Gasteiger partial charge in [-0.15, -0.1) is 0 Å². The molecule has 1 unspecified atom stereocenters. The van der Waals surface area contributed by atoms with E-state index in [2.05, 4.69) is 0 Å². The molecule has 0 spiro atoms. The van der Waals surface area contributed by atoms with Crippen molar-refractivity contribution in [2.45, 2.75) is 31.7 Å². The number of carboxylic acids is 1. The molecule has 5 N–H and O–H groups in total. The van der Waals surface area contributed by atoms with Gasteiger partial charge in [0.05, 0.1) is 0 Å². The highest BCUT2D eigenvalue weighted by atomic mass is 16.4. The average Bonchev–Trinajstić information content (AvgIpc) is 1.97. The van der Waals surface area contributed by atoms with E-state index in [1.54, 1.807) is 0 Å². The van der Waals surface area contributed by atoms with Gasteiger partial charge in [-0.3, -0.25) is 4.79 Å². The predicted octanol–water partition coefficient (Wildman–Crippen LogP) is -0.0826. The lowest BCUT2D eigenvalue weighted by atomic mass is 10.1. The zero-order chi connectivity index (χ0) is 8.69. The Morgan fingerprint density at radius 3 is 2.45 bits per heavy atom. The van der Waals surface area contributed by atoms with Crippen molar-refractivity contribution in [3.05, 3.63) is 0 Å². The van der Waals surface area contributed by atoms with Crippen LogP contribution in [0.15, 0.2) is 0 Å². The highest BCUT2D eigenvalue weighted by Crippen LogP contribution is 2.00. The minimum atomic E-state index is -0.919. The zero-order valence-corrected chi connectivity index (χ0v) is 6.62. The van der Waals surface area contributed by atoms with Crippen molar-refractivity contribution in [2.75, 3.05) is 6.54 Å². The molecule has 0 aromatic rings. The summed E-state index contributed by atoms with van der Waals surface area (Å²) in [5.41, 5.74) is 10.5. The van der Waals surface area contributed by atoms with E-state index in [0.717, 1.165) is 19.3 Å². The largest absolute Gasteiger partial charge is 0.480 e. The van der Waals surface area contributed by atoms with Crippen LogP contribution in [0.25, 0.3) is 0 Å². The Hall–Kier alpha value is -0.610. The minimum absolute atomic E-state index is 0.551. The van der Waals surface area contributed by atoms with Crippen molar-refractivity contribution < 1.29 is 9.90 Å². The van der Waals surface area contributed by atoms with Crippen LogP contribution in [0.5, 0.6) is 0 Å². The number of rotatable bonds is 6.